The van der Waals surface area contributed by atoms with E-state index in [1.165, 1.54) is 0 Å². The van der Waals surface area contributed by atoms with Gasteiger partial charge in [-0.2, -0.15) is 5.10 Å². The lowest BCUT2D eigenvalue weighted by molar-refractivity contribution is -0.135. The second-order valence-corrected chi connectivity index (χ2v) is 5.47. The number of hydrogen-bond acceptors (Lipinski definition) is 4. The van der Waals surface area contributed by atoms with Crippen molar-refractivity contribution in [1.82, 2.24) is 19.6 Å². The number of likely N-dealkylation sites (N-methyl/N-ethyl adjacent to an activating group) is 1. The van der Waals surface area contributed by atoms with Crippen LogP contribution in [0.4, 0.5) is 0 Å². The number of aryl methyl sites for hydroxylation is 1. The summed E-state index contributed by atoms with van der Waals surface area (Å²) in [7, 11) is 1.90. The first-order chi connectivity index (χ1) is 9.55. The van der Waals surface area contributed by atoms with Crippen molar-refractivity contribution >= 4 is 5.91 Å². The van der Waals surface area contributed by atoms with E-state index in [0.717, 1.165) is 38.2 Å². The summed E-state index contributed by atoms with van der Waals surface area (Å²) in [5.74, 6) is 0.201. The van der Waals surface area contributed by atoms with Crippen LogP contribution in [-0.2, 0) is 18.4 Å². The van der Waals surface area contributed by atoms with Crippen LogP contribution >= 0.6 is 0 Å². The van der Waals surface area contributed by atoms with Gasteiger partial charge in [0.1, 0.15) is 0 Å². The third-order valence-corrected chi connectivity index (χ3v) is 3.94. The highest BCUT2D eigenvalue weighted by atomic mass is 16.2. The zero-order valence-corrected chi connectivity index (χ0v) is 12.6. The highest BCUT2D eigenvalue weighted by Crippen LogP contribution is 2.21. The standard InChI is InChI=1S/C14H25N5O/c1-4-18(5-2)14(20)13-6-12(15)10-19(13)9-11-7-16-17(3)8-11/h7-8,12-13H,4-6,9-10,15H2,1-3H3/t12-,13+/m1/s1. The molecule has 2 atom stereocenters. The third kappa shape index (κ3) is 3.19. The monoisotopic (exact) mass is 279 g/mol. The molecule has 1 amide bonds. The van der Waals surface area contributed by atoms with Gasteiger partial charge in [-0.15, -0.1) is 0 Å². The first-order valence-electron chi connectivity index (χ1n) is 7.31. The number of nitrogens with two attached hydrogens (primary N) is 1. The lowest BCUT2D eigenvalue weighted by Crippen LogP contribution is -2.45. The smallest absolute Gasteiger partial charge is 0.239 e. The van der Waals surface area contributed by atoms with Crippen LogP contribution < -0.4 is 5.73 Å². The van der Waals surface area contributed by atoms with Gasteiger partial charge in [-0.1, -0.05) is 0 Å². The van der Waals surface area contributed by atoms with Gasteiger partial charge in [0, 0.05) is 51.0 Å². The van der Waals surface area contributed by atoms with Gasteiger partial charge in [0.05, 0.1) is 12.2 Å². The minimum Gasteiger partial charge on any atom is -0.342 e. The molecular formula is C14H25N5O. The molecule has 2 N–H and O–H groups in total. The molecule has 2 heterocycles. The molecule has 1 aromatic rings. The number of likely N-dealkylation sites (tertiary alicyclic amines) is 1. The van der Waals surface area contributed by atoms with Gasteiger partial charge < -0.3 is 10.6 Å². The third-order valence-electron chi connectivity index (χ3n) is 3.94. The Morgan fingerprint density at radius 3 is 2.75 bits per heavy atom. The maximum absolute atomic E-state index is 12.6. The largest absolute Gasteiger partial charge is 0.342 e. The Kier molecular flexibility index (Phi) is 4.77. The van der Waals surface area contributed by atoms with E-state index in [-0.39, 0.29) is 18.0 Å². The van der Waals surface area contributed by atoms with Crippen LogP contribution in [0.2, 0.25) is 0 Å². The van der Waals surface area contributed by atoms with E-state index >= 15 is 0 Å². The molecule has 20 heavy (non-hydrogen) atoms. The SMILES string of the molecule is CCN(CC)C(=O)[C@@H]1C[C@@H](N)CN1Cc1cnn(C)c1. The predicted octanol–water partition coefficient (Wildman–Crippen LogP) is 0.190. The van der Waals surface area contributed by atoms with E-state index in [2.05, 4.69) is 10.00 Å². The molecule has 1 aliphatic heterocycles. The first kappa shape index (κ1) is 15.0. The molecule has 1 aromatic heterocycles. The Balaban J connectivity index is 2.08. The van der Waals surface area contributed by atoms with Crippen molar-refractivity contribution in [3.8, 4) is 0 Å². The predicted molar refractivity (Wildman–Crippen MR) is 77.9 cm³/mol. The summed E-state index contributed by atoms with van der Waals surface area (Å²) in [5, 5.41) is 4.18. The number of nitrogens with zero attached hydrogens (tertiary/aromatic N) is 4. The summed E-state index contributed by atoms with van der Waals surface area (Å²) in [6.45, 7) is 7.04. The van der Waals surface area contributed by atoms with Gasteiger partial charge in [-0.05, 0) is 20.3 Å². The van der Waals surface area contributed by atoms with Crippen molar-refractivity contribution in [3.63, 3.8) is 0 Å². The molecule has 0 aromatic carbocycles. The minimum atomic E-state index is -0.0925. The van der Waals surface area contributed by atoms with E-state index in [9.17, 15) is 4.79 Å². The number of carbonyl (C=O) groups is 1. The van der Waals surface area contributed by atoms with Crippen LogP contribution in [0.25, 0.3) is 0 Å². The highest BCUT2D eigenvalue weighted by molar-refractivity contribution is 5.82. The van der Waals surface area contributed by atoms with Crippen LogP contribution in [0, 0.1) is 0 Å². The Morgan fingerprint density at radius 2 is 2.20 bits per heavy atom. The van der Waals surface area contributed by atoms with Gasteiger partial charge in [-0.25, -0.2) is 0 Å². The molecular weight excluding hydrogens is 254 g/mol. The van der Waals surface area contributed by atoms with Crippen LogP contribution in [0.15, 0.2) is 12.4 Å². The molecule has 6 heteroatoms. The molecule has 0 bridgehead atoms. The Hall–Kier alpha value is -1.40. The topological polar surface area (TPSA) is 67.4 Å². The molecule has 6 nitrogen and oxygen atoms in total. The Morgan fingerprint density at radius 1 is 1.50 bits per heavy atom. The summed E-state index contributed by atoms with van der Waals surface area (Å²) in [5.41, 5.74) is 7.19. The van der Waals surface area contributed by atoms with E-state index in [0.29, 0.717) is 0 Å². The van der Waals surface area contributed by atoms with Crippen molar-refractivity contribution in [1.29, 1.82) is 0 Å². The summed E-state index contributed by atoms with van der Waals surface area (Å²) in [6.07, 6.45) is 4.58. The molecule has 1 saturated heterocycles. The first-order valence-corrected chi connectivity index (χ1v) is 7.31. The molecule has 0 spiro atoms. The fraction of sp³-hybridized carbons (Fsp3) is 0.714. The van der Waals surface area contributed by atoms with E-state index in [1.807, 2.05) is 38.2 Å². The fourth-order valence-electron chi connectivity index (χ4n) is 2.90. The van der Waals surface area contributed by atoms with Crippen molar-refractivity contribution in [2.45, 2.75) is 38.9 Å². The van der Waals surface area contributed by atoms with Gasteiger partial charge in [0.2, 0.25) is 5.91 Å². The van der Waals surface area contributed by atoms with Crippen molar-refractivity contribution in [2.75, 3.05) is 19.6 Å². The Labute approximate surface area is 120 Å². The van der Waals surface area contributed by atoms with E-state index in [1.54, 1.807) is 4.68 Å². The lowest BCUT2D eigenvalue weighted by atomic mass is 10.1. The molecule has 112 valence electrons. The molecule has 2 rings (SSSR count). The minimum absolute atomic E-state index is 0.0798. The van der Waals surface area contributed by atoms with Gasteiger partial charge in [0.25, 0.3) is 0 Å². The zero-order valence-electron chi connectivity index (χ0n) is 12.6. The normalized spacial score (nSPS) is 23.2. The maximum atomic E-state index is 12.6. The summed E-state index contributed by atoms with van der Waals surface area (Å²) < 4.78 is 1.78. The van der Waals surface area contributed by atoms with Crippen LogP contribution in [0.3, 0.4) is 0 Å². The Bertz CT molecular complexity index is 454. The highest BCUT2D eigenvalue weighted by Gasteiger charge is 2.36. The van der Waals surface area contributed by atoms with Crippen LogP contribution in [0.5, 0.6) is 0 Å². The molecule has 1 aliphatic rings. The number of rotatable bonds is 5. The van der Waals surface area contributed by atoms with Gasteiger partial charge >= 0.3 is 0 Å². The molecule has 0 saturated carbocycles. The van der Waals surface area contributed by atoms with E-state index in [4.69, 9.17) is 5.73 Å². The maximum Gasteiger partial charge on any atom is 0.239 e. The fourth-order valence-corrected chi connectivity index (χ4v) is 2.90. The summed E-state index contributed by atoms with van der Waals surface area (Å²) in [6, 6.07) is -0.0127. The van der Waals surface area contributed by atoms with Crippen molar-refractivity contribution in [2.24, 2.45) is 12.8 Å². The summed E-state index contributed by atoms with van der Waals surface area (Å²) >= 11 is 0. The average Bonchev–Trinajstić information content (AvgIpc) is 2.97. The van der Waals surface area contributed by atoms with Gasteiger partial charge in [-0.3, -0.25) is 14.4 Å². The number of hydrogen-bond donors (Lipinski definition) is 1. The second-order valence-electron chi connectivity index (χ2n) is 5.47. The lowest BCUT2D eigenvalue weighted by Gasteiger charge is -2.28. The number of carbonyl (C=O) groups excluding carboxylic acids is 1. The quantitative estimate of drug-likeness (QED) is 0.835. The van der Waals surface area contributed by atoms with Gasteiger partial charge in [0.15, 0.2) is 0 Å². The summed E-state index contributed by atoms with van der Waals surface area (Å²) in [4.78, 5) is 16.6. The molecule has 0 unspecified atom stereocenters. The number of amides is 1. The van der Waals surface area contributed by atoms with Crippen molar-refractivity contribution < 1.29 is 4.79 Å². The molecule has 0 radical (unpaired) electrons. The number of aromatic nitrogens is 2. The zero-order chi connectivity index (χ0) is 14.7. The van der Waals surface area contributed by atoms with Crippen LogP contribution in [0.1, 0.15) is 25.8 Å². The molecule has 0 aliphatic carbocycles. The average molecular weight is 279 g/mol. The van der Waals surface area contributed by atoms with Crippen LogP contribution in [-0.4, -0.2) is 57.2 Å². The second kappa shape index (κ2) is 6.37. The van der Waals surface area contributed by atoms with E-state index < -0.39 is 0 Å². The van der Waals surface area contributed by atoms with Crippen molar-refractivity contribution in [3.05, 3.63) is 18.0 Å². The molecule has 1 fully saturated rings.